The fourth-order valence-electron chi connectivity index (χ4n) is 2.70. The Hall–Kier alpha value is -3.25. The summed E-state index contributed by atoms with van der Waals surface area (Å²) in [6.45, 7) is 2.21. The van der Waals surface area contributed by atoms with Crippen molar-refractivity contribution in [2.24, 2.45) is 10.7 Å². The predicted octanol–water partition coefficient (Wildman–Crippen LogP) is 1.91. The highest BCUT2D eigenvalue weighted by Gasteiger charge is 2.43. The first-order valence-corrected chi connectivity index (χ1v) is 9.79. The first kappa shape index (κ1) is 21.5. The maximum absolute atomic E-state index is 12.6. The van der Waals surface area contributed by atoms with Gasteiger partial charge in [-0.1, -0.05) is 11.3 Å². The van der Waals surface area contributed by atoms with Crippen LogP contribution in [-0.2, 0) is 4.74 Å². The molecule has 4 N–H and O–H groups in total. The van der Waals surface area contributed by atoms with Gasteiger partial charge in [0.15, 0.2) is 5.76 Å². The zero-order valence-electron chi connectivity index (χ0n) is 16.7. The lowest BCUT2D eigenvalue weighted by molar-refractivity contribution is 0.0991. The third kappa shape index (κ3) is 5.02. The fraction of sp³-hybridized carbons (Fsp3) is 0.389. The average Bonchev–Trinajstić information content (AvgIpc) is 3.30. The number of nitrogens with one attached hydrogen (secondary N) is 2. The summed E-state index contributed by atoms with van der Waals surface area (Å²) >= 11 is 1.06. The molecule has 0 spiro atoms. The smallest absolute Gasteiger partial charge is 0.381 e. The Morgan fingerprint density at radius 2 is 2.20 bits per heavy atom. The molecule has 0 atom stereocenters. The van der Waals surface area contributed by atoms with Gasteiger partial charge < -0.3 is 24.9 Å². The van der Waals surface area contributed by atoms with Crippen LogP contribution in [0.5, 0.6) is 5.75 Å². The first-order valence-electron chi connectivity index (χ1n) is 8.97. The number of carbonyl (C=O) groups excluding carboxylic acids is 1. The van der Waals surface area contributed by atoms with E-state index in [4.69, 9.17) is 19.6 Å². The van der Waals surface area contributed by atoms with Gasteiger partial charge in [0.25, 0.3) is 5.91 Å². The molecule has 2 heterocycles. The SMILES string of the molecule is COCC1(Nc2cc(C(=O)Nc3nnc(N=C(C)C=CN)s3)oc(=O)c2OC)CC1. The van der Waals surface area contributed by atoms with Crippen LogP contribution < -0.4 is 26.7 Å². The summed E-state index contributed by atoms with van der Waals surface area (Å²) in [4.78, 5) is 29.1. The van der Waals surface area contributed by atoms with Crippen molar-refractivity contribution in [1.29, 1.82) is 0 Å². The number of methoxy groups -OCH3 is 2. The Balaban J connectivity index is 1.80. The maximum Gasteiger partial charge on any atom is 0.381 e. The van der Waals surface area contributed by atoms with Crippen LogP contribution in [-0.4, -0.2) is 48.2 Å². The van der Waals surface area contributed by atoms with Crippen molar-refractivity contribution in [2.75, 3.05) is 31.5 Å². The lowest BCUT2D eigenvalue weighted by atomic mass is 10.2. The van der Waals surface area contributed by atoms with Gasteiger partial charge in [0.1, 0.15) is 0 Å². The number of anilines is 2. The summed E-state index contributed by atoms with van der Waals surface area (Å²) in [5, 5.41) is 14.1. The summed E-state index contributed by atoms with van der Waals surface area (Å²) in [7, 11) is 2.96. The minimum absolute atomic E-state index is 0.00935. The molecule has 12 heteroatoms. The van der Waals surface area contributed by atoms with E-state index in [2.05, 4.69) is 25.8 Å². The molecule has 160 valence electrons. The second-order valence-electron chi connectivity index (χ2n) is 6.64. The van der Waals surface area contributed by atoms with E-state index in [1.807, 2.05) is 0 Å². The Morgan fingerprint density at radius 3 is 2.83 bits per heavy atom. The highest BCUT2D eigenvalue weighted by molar-refractivity contribution is 7.18. The Labute approximate surface area is 176 Å². The van der Waals surface area contributed by atoms with Crippen LogP contribution in [0.4, 0.5) is 16.0 Å². The van der Waals surface area contributed by atoms with Gasteiger partial charge >= 0.3 is 5.63 Å². The molecule has 1 fully saturated rings. The van der Waals surface area contributed by atoms with E-state index in [9.17, 15) is 9.59 Å². The normalized spacial score (nSPS) is 15.2. The standard InChI is InChI=1S/C18H22N6O5S/c1-10(4-7-19)20-16-23-24-17(30-16)21-14(25)12-8-11(13(28-3)15(26)29-12)22-18(5-6-18)9-27-2/h4,7-8,22H,5-6,9,19H2,1-3H3,(H,21,24,25). The number of aromatic nitrogens is 2. The second kappa shape index (κ2) is 9.05. The molecule has 2 aromatic rings. The van der Waals surface area contributed by atoms with Crippen LogP contribution in [0, 0.1) is 0 Å². The largest absolute Gasteiger partial charge is 0.488 e. The molecule has 30 heavy (non-hydrogen) atoms. The molecule has 11 nitrogen and oxygen atoms in total. The second-order valence-corrected chi connectivity index (χ2v) is 7.60. The zero-order valence-corrected chi connectivity index (χ0v) is 17.5. The van der Waals surface area contributed by atoms with Gasteiger partial charge in [-0.3, -0.25) is 10.1 Å². The third-order valence-corrected chi connectivity index (χ3v) is 4.99. The maximum atomic E-state index is 12.6. The van der Waals surface area contributed by atoms with E-state index in [1.165, 1.54) is 19.4 Å². The average molecular weight is 434 g/mol. The summed E-state index contributed by atoms with van der Waals surface area (Å²) < 4.78 is 15.5. The van der Waals surface area contributed by atoms with E-state index < -0.39 is 11.5 Å². The number of hydrogen-bond donors (Lipinski definition) is 3. The van der Waals surface area contributed by atoms with Crippen molar-refractivity contribution in [1.82, 2.24) is 10.2 Å². The first-order chi connectivity index (χ1) is 14.4. The van der Waals surface area contributed by atoms with Crippen LogP contribution in [0.1, 0.15) is 30.3 Å². The predicted molar refractivity (Wildman–Crippen MR) is 113 cm³/mol. The number of allylic oxidation sites excluding steroid dienone is 1. The molecule has 1 amide bonds. The topological polar surface area (TPSA) is 154 Å². The minimum Gasteiger partial charge on any atom is -0.488 e. The lowest BCUT2D eigenvalue weighted by Gasteiger charge is -2.19. The molecule has 0 radical (unpaired) electrons. The van der Waals surface area contributed by atoms with Gasteiger partial charge in [0.2, 0.25) is 16.0 Å². The van der Waals surface area contributed by atoms with Gasteiger partial charge in [0.05, 0.1) is 24.9 Å². The molecule has 1 aliphatic carbocycles. The lowest BCUT2D eigenvalue weighted by Crippen LogP contribution is -2.28. The van der Waals surface area contributed by atoms with Gasteiger partial charge in [-0.15, -0.1) is 10.2 Å². The van der Waals surface area contributed by atoms with E-state index in [0.717, 1.165) is 24.2 Å². The van der Waals surface area contributed by atoms with Gasteiger partial charge in [0, 0.05) is 18.9 Å². The van der Waals surface area contributed by atoms with Gasteiger partial charge in [-0.25, -0.2) is 9.79 Å². The molecule has 1 saturated carbocycles. The van der Waals surface area contributed by atoms with Crippen molar-refractivity contribution in [2.45, 2.75) is 25.3 Å². The van der Waals surface area contributed by atoms with E-state index >= 15 is 0 Å². The van der Waals surface area contributed by atoms with Crippen molar-refractivity contribution < 1.29 is 18.7 Å². The van der Waals surface area contributed by atoms with Crippen LogP contribution in [0.25, 0.3) is 0 Å². The molecular weight excluding hydrogens is 412 g/mol. The molecule has 0 bridgehead atoms. The van der Waals surface area contributed by atoms with Crippen LogP contribution in [0.2, 0.25) is 0 Å². The van der Waals surface area contributed by atoms with E-state index in [-0.39, 0.29) is 22.2 Å². The monoisotopic (exact) mass is 434 g/mol. The molecule has 3 rings (SSSR count). The van der Waals surface area contributed by atoms with Crippen molar-refractivity contribution in [3.63, 3.8) is 0 Å². The van der Waals surface area contributed by atoms with Gasteiger partial charge in [-0.2, -0.15) is 0 Å². The number of nitrogens with zero attached hydrogens (tertiary/aromatic N) is 3. The minimum atomic E-state index is -0.771. The number of rotatable bonds is 9. The molecule has 0 unspecified atom stereocenters. The number of nitrogens with two attached hydrogens (primary N) is 1. The summed E-state index contributed by atoms with van der Waals surface area (Å²) in [6.07, 6.45) is 4.71. The molecular formula is C18H22N6O5S. The van der Waals surface area contributed by atoms with Crippen molar-refractivity contribution >= 4 is 38.9 Å². The Morgan fingerprint density at radius 1 is 1.43 bits per heavy atom. The molecule has 2 aromatic heterocycles. The highest BCUT2D eigenvalue weighted by Crippen LogP contribution is 2.40. The molecule has 0 aromatic carbocycles. The molecule has 0 aliphatic heterocycles. The van der Waals surface area contributed by atoms with Crippen LogP contribution in [0.15, 0.2) is 32.5 Å². The fourth-order valence-corrected chi connectivity index (χ4v) is 3.37. The van der Waals surface area contributed by atoms with E-state index in [0.29, 0.717) is 23.1 Å². The summed E-state index contributed by atoms with van der Waals surface area (Å²) in [5.74, 6) is -0.858. The van der Waals surface area contributed by atoms with Crippen molar-refractivity contribution in [3.8, 4) is 5.75 Å². The summed E-state index contributed by atoms with van der Waals surface area (Å²) in [6, 6.07) is 1.42. The van der Waals surface area contributed by atoms with Crippen molar-refractivity contribution in [3.05, 3.63) is 34.5 Å². The van der Waals surface area contributed by atoms with Crippen LogP contribution >= 0.6 is 11.3 Å². The molecule has 1 aliphatic rings. The number of carbonyl (C=O) groups is 1. The van der Waals surface area contributed by atoms with Gasteiger partial charge in [-0.05, 0) is 32.0 Å². The van der Waals surface area contributed by atoms with Crippen LogP contribution in [0.3, 0.4) is 0 Å². The molecule has 0 saturated heterocycles. The Kier molecular flexibility index (Phi) is 6.47. The number of aliphatic imine (C=N–C) groups is 1. The third-order valence-electron chi connectivity index (χ3n) is 4.25. The van der Waals surface area contributed by atoms with E-state index in [1.54, 1.807) is 20.1 Å². The number of amides is 1. The Bertz CT molecular complexity index is 1040. The highest BCUT2D eigenvalue weighted by atomic mass is 32.1. The zero-order chi connectivity index (χ0) is 21.7. The number of ether oxygens (including phenoxy) is 2. The summed E-state index contributed by atoms with van der Waals surface area (Å²) in [5.41, 5.74) is 5.25. The number of hydrogen-bond acceptors (Lipinski definition) is 11. The quantitative estimate of drug-likeness (QED) is 0.502.